The van der Waals surface area contributed by atoms with E-state index < -0.39 is 0 Å². The fraction of sp³-hybridized carbons (Fsp3) is 0.350. The van der Waals surface area contributed by atoms with E-state index in [0.717, 1.165) is 42.9 Å². The number of hydrogen-bond donors (Lipinski definition) is 0. The number of amides is 1. The van der Waals surface area contributed by atoms with E-state index in [0.29, 0.717) is 12.2 Å². The Bertz CT molecular complexity index is 713. The standard InChI is InChI=1S/C20H23BrN2O2/c1-2-25-19-9-8-17(14-18(19)21)20(24)23-12-10-22(11-13-23)15-16-6-4-3-5-7-16/h3-9,14H,2,10-13,15H2,1H3. The second-order valence-electron chi connectivity index (χ2n) is 6.13. The van der Waals surface area contributed by atoms with Gasteiger partial charge in [0.25, 0.3) is 5.91 Å². The van der Waals surface area contributed by atoms with Crippen molar-refractivity contribution in [3.63, 3.8) is 0 Å². The van der Waals surface area contributed by atoms with Crippen LogP contribution < -0.4 is 4.74 Å². The molecule has 132 valence electrons. The quantitative estimate of drug-likeness (QED) is 0.762. The highest BCUT2D eigenvalue weighted by molar-refractivity contribution is 9.10. The van der Waals surface area contributed by atoms with Crippen LogP contribution in [0, 0.1) is 0 Å². The Morgan fingerprint density at radius 3 is 2.44 bits per heavy atom. The number of carbonyl (C=O) groups is 1. The van der Waals surface area contributed by atoms with Gasteiger partial charge in [-0.1, -0.05) is 30.3 Å². The lowest BCUT2D eigenvalue weighted by Gasteiger charge is -2.34. The molecular weight excluding hydrogens is 380 g/mol. The Balaban J connectivity index is 1.57. The summed E-state index contributed by atoms with van der Waals surface area (Å²) in [4.78, 5) is 17.1. The van der Waals surface area contributed by atoms with Crippen LogP contribution in [-0.4, -0.2) is 48.5 Å². The normalized spacial score (nSPS) is 15.2. The molecule has 1 amide bonds. The van der Waals surface area contributed by atoms with Gasteiger partial charge in [-0.2, -0.15) is 0 Å². The van der Waals surface area contributed by atoms with Crippen LogP contribution in [0.15, 0.2) is 53.0 Å². The molecule has 1 aliphatic rings. The molecule has 0 spiro atoms. The summed E-state index contributed by atoms with van der Waals surface area (Å²) in [5.74, 6) is 0.856. The van der Waals surface area contributed by atoms with Gasteiger partial charge in [-0.3, -0.25) is 9.69 Å². The van der Waals surface area contributed by atoms with Crippen molar-refractivity contribution in [2.75, 3.05) is 32.8 Å². The Labute approximate surface area is 157 Å². The second kappa shape index (κ2) is 8.50. The van der Waals surface area contributed by atoms with Gasteiger partial charge >= 0.3 is 0 Å². The largest absolute Gasteiger partial charge is 0.493 e. The van der Waals surface area contributed by atoms with Crippen LogP contribution in [0.25, 0.3) is 0 Å². The van der Waals surface area contributed by atoms with Crippen molar-refractivity contribution in [1.82, 2.24) is 9.80 Å². The summed E-state index contributed by atoms with van der Waals surface area (Å²) in [7, 11) is 0. The monoisotopic (exact) mass is 402 g/mol. The van der Waals surface area contributed by atoms with Crippen LogP contribution in [0.2, 0.25) is 0 Å². The number of hydrogen-bond acceptors (Lipinski definition) is 3. The zero-order valence-electron chi connectivity index (χ0n) is 14.5. The fourth-order valence-electron chi connectivity index (χ4n) is 3.04. The summed E-state index contributed by atoms with van der Waals surface area (Å²) in [6, 6.07) is 16.0. The summed E-state index contributed by atoms with van der Waals surface area (Å²) in [5, 5.41) is 0. The molecule has 0 aromatic heterocycles. The van der Waals surface area contributed by atoms with Crippen molar-refractivity contribution in [3.05, 3.63) is 64.1 Å². The first-order chi connectivity index (χ1) is 12.2. The van der Waals surface area contributed by atoms with E-state index in [1.807, 2.05) is 36.1 Å². The minimum absolute atomic E-state index is 0.0862. The predicted octanol–water partition coefficient (Wildman–Crippen LogP) is 3.81. The van der Waals surface area contributed by atoms with Crippen molar-refractivity contribution in [2.45, 2.75) is 13.5 Å². The highest BCUT2D eigenvalue weighted by Gasteiger charge is 2.22. The Kier molecular flexibility index (Phi) is 6.10. The average Bonchev–Trinajstić information content (AvgIpc) is 2.64. The van der Waals surface area contributed by atoms with Crippen LogP contribution in [0.4, 0.5) is 0 Å². The molecule has 4 nitrogen and oxygen atoms in total. The number of halogens is 1. The van der Waals surface area contributed by atoms with E-state index in [2.05, 4.69) is 45.1 Å². The molecule has 1 saturated heterocycles. The molecule has 0 atom stereocenters. The first kappa shape index (κ1) is 18.0. The molecule has 2 aromatic carbocycles. The van der Waals surface area contributed by atoms with Crippen molar-refractivity contribution >= 4 is 21.8 Å². The molecule has 25 heavy (non-hydrogen) atoms. The first-order valence-electron chi connectivity index (χ1n) is 8.65. The molecular formula is C20H23BrN2O2. The number of ether oxygens (including phenoxy) is 1. The maximum absolute atomic E-state index is 12.7. The molecule has 5 heteroatoms. The van der Waals surface area contributed by atoms with Gasteiger partial charge in [-0.25, -0.2) is 0 Å². The van der Waals surface area contributed by atoms with Crippen molar-refractivity contribution < 1.29 is 9.53 Å². The molecule has 0 saturated carbocycles. The van der Waals surface area contributed by atoms with Crippen molar-refractivity contribution in [2.24, 2.45) is 0 Å². The molecule has 1 fully saturated rings. The van der Waals surface area contributed by atoms with Gasteiger partial charge in [-0.15, -0.1) is 0 Å². The van der Waals surface area contributed by atoms with Gasteiger partial charge in [0.1, 0.15) is 5.75 Å². The fourth-order valence-corrected chi connectivity index (χ4v) is 3.53. The van der Waals surface area contributed by atoms with Gasteiger partial charge in [-0.05, 0) is 46.6 Å². The number of benzene rings is 2. The summed E-state index contributed by atoms with van der Waals surface area (Å²) in [6.07, 6.45) is 0. The lowest BCUT2D eigenvalue weighted by Crippen LogP contribution is -2.48. The third kappa shape index (κ3) is 4.61. The first-order valence-corrected chi connectivity index (χ1v) is 9.44. The minimum Gasteiger partial charge on any atom is -0.493 e. The van der Waals surface area contributed by atoms with Gasteiger partial charge < -0.3 is 9.64 Å². The number of carbonyl (C=O) groups excluding carboxylic acids is 1. The molecule has 2 aromatic rings. The third-order valence-corrected chi connectivity index (χ3v) is 5.01. The summed E-state index contributed by atoms with van der Waals surface area (Å²) < 4.78 is 6.33. The van der Waals surface area contributed by atoms with Crippen molar-refractivity contribution in [3.8, 4) is 5.75 Å². The van der Waals surface area contributed by atoms with E-state index in [1.165, 1.54) is 5.56 Å². The summed E-state index contributed by atoms with van der Waals surface area (Å²) >= 11 is 3.48. The van der Waals surface area contributed by atoms with E-state index in [9.17, 15) is 4.79 Å². The Morgan fingerprint density at radius 1 is 1.08 bits per heavy atom. The maximum atomic E-state index is 12.7. The number of piperazine rings is 1. The van der Waals surface area contributed by atoms with Crippen LogP contribution >= 0.6 is 15.9 Å². The zero-order chi connectivity index (χ0) is 17.6. The van der Waals surface area contributed by atoms with E-state index in [4.69, 9.17) is 4.74 Å². The molecule has 1 aliphatic heterocycles. The topological polar surface area (TPSA) is 32.8 Å². The molecule has 0 aliphatic carbocycles. The van der Waals surface area contributed by atoms with Gasteiger partial charge in [0.2, 0.25) is 0 Å². The highest BCUT2D eigenvalue weighted by atomic mass is 79.9. The minimum atomic E-state index is 0.0862. The lowest BCUT2D eigenvalue weighted by molar-refractivity contribution is 0.0628. The summed E-state index contributed by atoms with van der Waals surface area (Å²) in [6.45, 7) is 6.82. The molecule has 1 heterocycles. The number of nitrogens with zero attached hydrogens (tertiary/aromatic N) is 2. The SMILES string of the molecule is CCOc1ccc(C(=O)N2CCN(Cc3ccccc3)CC2)cc1Br. The second-order valence-corrected chi connectivity index (χ2v) is 6.99. The zero-order valence-corrected chi connectivity index (χ0v) is 16.0. The highest BCUT2D eigenvalue weighted by Crippen LogP contribution is 2.26. The smallest absolute Gasteiger partial charge is 0.253 e. The molecule has 0 unspecified atom stereocenters. The average molecular weight is 403 g/mol. The molecule has 0 bridgehead atoms. The predicted molar refractivity (Wildman–Crippen MR) is 103 cm³/mol. The van der Waals surface area contributed by atoms with Crippen LogP contribution in [0.3, 0.4) is 0 Å². The van der Waals surface area contributed by atoms with Gasteiger partial charge in [0.05, 0.1) is 11.1 Å². The van der Waals surface area contributed by atoms with Crippen LogP contribution in [-0.2, 0) is 6.54 Å². The van der Waals surface area contributed by atoms with Crippen LogP contribution in [0.1, 0.15) is 22.8 Å². The van der Waals surface area contributed by atoms with E-state index in [1.54, 1.807) is 0 Å². The van der Waals surface area contributed by atoms with Crippen LogP contribution in [0.5, 0.6) is 5.75 Å². The maximum Gasteiger partial charge on any atom is 0.253 e. The van der Waals surface area contributed by atoms with Gasteiger partial charge in [0.15, 0.2) is 0 Å². The Morgan fingerprint density at radius 2 is 1.80 bits per heavy atom. The molecule has 3 rings (SSSR count). The van der Waals surface area contributed by atoms with Crippen molar-refractivity contribution in [1.29, 1.82) is 0 Å². The third-order valence-electron chi connectivity index (χ3n) is 4.39. The molecule has 0 radical (unpaired) electrons. The molecule has 0 N–H and O–H groups in total. The lowest BCUT2D eigenvalue weighted by atomic mass is 10.1. The van der Waals surface area contributed by atoms with E-state index in [-0.39, 0.29) is 5.91 Å². The Hall–Kier alpha value is -1.85. The van der Waals surface area contributed by atoms with Gasteiger partial charge in [0, 0.05) is 38.3 Å². The summed E-state index contributed by atoms with van der Waals surface area (Å²) in [5.41, 5.74) is 2.02. The number of rotatable bonds is 5. The van der Waals surface area contributed by atoms with E-state index >= 15 is 0 Å².